The van der Waals surface area contributed by atoms with Gasteiger partial charge in [0.05, 0.1) is 63.9 Å². The molecule has 0 bridgehead atoms. The quantitative estimate of drug-likeness (QED) is 0.0995. The van der Waals surface area contributed by atoms with Crippen molar-refractivity contribution in [1.29, 1.82) is 0 Å². The van der Waals surface area contributed by atoms with E-state index in [0.29, 0.717) is 37.9 Å². The van der Waals surface area contributed by atoms with Gasteiger partial charge in [-0.3, -0.25) is 30.3 Å². The van der Waals surface area contributed by atoms with Gasteiger partial charge in [0.25, 0.3) is 17.1 Å². The number of hydrogen-bond acceptors (Lipinski definition) is 15. The summed E-state index contributed by atoms with van der Waals surface area (Å²) < 4.78 is 0. The molecule has 1 aliphatic heterocycles. The van der Waals surface area contributed by atoms with Crippen molar-refractivity contribution in [3.63, 3.8) is 0 Å². The smallest absolute Gasteiger partial charge is 0.354 e. The lowest BCUT2D eigenvalue weighted by atomic mass is 9.93. The second-order valence-electron chi connectivity index (χ2n) is 18.1. The topological polar surface area (TPSA) is 222 Å². The minimum absolute atomic E-state index is 0. The van der Waals surface area contributed by atoms with E-state index >= 15 is 0 Å². The Morgan fingerprint density at radius 2 is 1.14 bits per heavy atom. The lowest BCUT2D eigenvalue weighted by Gasteiger charge is -2.32. The first kappa shape index (κ1) is 55.9. The molecule has 0 spiro atoms. The molecular formula is C59H44Cl2N8O8S3. The molecule has 21 heteroatoms. The Morgan fingerprint density at radius 3 is 1.75 bits per heavy atom. The molecule has 1 aliphatic rings. The van der Waals surface area contributed by atoms with Crippen molar-refractivity contribution >= 4 is 113 Å². The van der Waals surface area contributed by atoms with Crippen LogP contribution in [0, 0.1) is 43.2 Å². The van der Waals surface area contributed by atoms with Crippen molar-refractivity contribution in [2.24, 2.45) is 5.92 Å². The summed E-state index contributed by atoms with van der Waals surface area (Å²) in [6, 6.07) is 45.1. The van der Waals surface area contributed by atoms with E-state index in [4.69, 9.17) is 33.2 Å². The van der Waals surface area contributed by atoms with E-state index < -0.39 is 10.9 Å². The number of nitro benzene ring substituents is 3. The summed E-state index contributed by atoms with van der Waals surface area (Å²) in [5.74, 6) is -0.966. The predicted molar refractivity (Wildman–Crippen MR) is 321 cm³/mol. The molecule has 7 aromatic carbocycles. The molecule has 1 N–H and O–H groups in total. The molecule has 12 rings (SSSR count). The van der Waals surface area contributed by atoms with Crippen LogP contribution in [-0.4, -0.2) is 52.3 Å². The van der Waals surface area contributed by atoms with Crippen LogP contribution in [0.4, 0.5) is 27.9 Å². The van der Waals surface area contributed by atoms with E-state index in [2.05, 4.69) is 21.8 Å². The average molecular weight is 1160 g/mol. The maximum atomic E-state index is 11.5. The van der Waals surface area contributed by atoms with E-state index in [9.17, 15) is 40.2 Å². The van der Waals surface area contributed by atoms with Gasteiger partial charge in [-0.05, 0) is 66.6 Å². The highest BCUT2D eigenvalue weighted by Crippen LogP contribution is 2.43. The fourth-order valence-electron chi connectivity index (χ4n) is 9.18. The Bertz CT molecular complexity index is 4160. The Kier molecular flexibility index (Phi) is 16.8. The molecule has 4 aromatic heterocycles. The van der Waals surface area contributed by atoms with E-state index in [1.807, 2.05) is 114 Å². The lowest BCUT2D eigenvalue weighted by Crippen LogP contribution is -2.30. The van der Waals surface area contributed by atoms with Crippen molar-refractivity contribution in [2.75, 3.05) is 11.4 Å². The number of thiazole rings is 3. The number of hydrogen-bond donors (Lipinski definition) is 1. The number of aryl methyl sites for hydroxylation is 1. The number of halogens is 2. The second kappa shape index (κ2) is 24.0. The number of carboxylic acids is 1. The van der Waals surface area contributed by atoms with Crippen LogP contribution in [0.15, 0.2) is 168 Å². The second-order valence-corrected chi connectivity index (χ2v) is 21.5. The first-order chi connectivity index (χ1) is 38.1. The summed E-state index contributed by atoms with van der Waals surface area (Å²) in [6.07, 6.45) is 0.689. The van der Waals surface area contributed by atoms with Crippen molar-refractivity contribution in [3.05, 3.63) is 225 Å². The highest BCUT2D eigenvalue weighted by Gasteiger charge is 2.31. The van der Waals surface area contributed by atoms with Crippen molar-refractivity contribution in [3.8, 4) is 55.0 Å². The van der Waals surface area contributed by atoms with Crippen LogP contribution in [0.3, 0.4) is 0 Å². The Labute approximate surface area is 479 Å². The number of anilines is 2. The van der Waals surface area contributed by atoms with Gasteiger partial charge in [0.15, 0.2) is 5.13 Å². The van der Waals surface area contributed by atoms with Crippen molar-refractivity contribution in [2.45, 2.75) is 27.7 Å². The van der Waals surface area contributed by atoms with Gasteiger partial charge in [-0.2, -0.15) is 0 Å². The minimum Gasteiger partial charge on any atom is -0.477 e. The fraction of sp³-hybridized carbons (Fsp3) is 0.102. The highest BCUT2D eigenvalue weighted by atomic mass is 35.5. The molecule has 0 aliphatic carbocycles. The lowest BCUT2D eigenvalue weighted by molar-refractivity contribution is -0.385. The van der Waals surface area contributed by atoms with Gasteiger partial charge in [-0.1, -0.05) is 135 Å². The number of aromatic nitrogens is 4. The molecule has 0 radical (unpaired) electrons. The van der Waals surface area contributed by atoms with Crippen LogP contribution >= 0.6 is 57.2 Å². The number of aromatic carboxylic acids is 1. The van der Waals surface area contributed by atoms with Gasteiger partial charge in [-0.15, -0.1) is 34.0 Å². The van der Waals surface area contributed by atoms with E-state index in [1.165, 1.54) is 34.8 Å². The fourth-order valence-corrected chi connectivity index (χ4v) is 12.0. The third kappa shape index (κ3) is 11.8. The third-order valence-corrected chi connectivity index (χ3v) is 16.1. The van der Waals surface area contributed by atoms with E-state index in [0.717, 1.165) is 78.2 Å². The standard InChI is InChI=1S/C20H14N2O2S.C19H15Cl2N3O2S.C19H11N3O4S.CH4/c1-13-10-16-15(8-5-9-19(16)22(23)24)17(11-13)20-21-18(12-25-20)14-6-3-2-4-7-14;1-11-7-13-17(3-2-4-18(13)24(25)26)23(9-11)19-22-16(10-27-19)12-5-6-14(20)15(21)8-12;23-19(24)14-9-13-12(7-4-8-16(13)22(25)26)17(20-14)18-21-15(10-27-18)11-5-2-1-3-6-11;/h2-12H,1H3;2-6,8,10-11H,7,9H2,1H3;1-10H,(H,23,24);1H4. The molecule has 400 valence electrons. The number of nitro groups is 3. The number of nitrogens with zero attached hydrogens (tertiary/aromatic N) is 8. The summed E-state index contributed by atoms with van der Waals surface area (Å²) in [5.41, 5.74) is 9.06. The summed E-state index contributed by atoms with van der Waals surface area (Å²) >= 11 is 16.5. The molecule has 5 heterocycles. The number of rotatable bonds is 10. The third-order valence-electron chi connectivity index (χ3n) is 12.8. The zero-order chi connectivity index (χ0) is 55.5. The van der Waals surface area contributed by atoms with Crippen molar-refractivity contribution in [1.82, 2.24) is 19.9 Å². The summed E-state index contributed by atoms with van der Waals surface area (Å²) in [7, 11) is 0. The zero-order valence-corrected chi connectivity index (χ0v) is 45.5. The molecule has 1 unspecified atom stereocenters. The van der Waals surface area contributed by atoms with Crippen LogP contribution in [0.25, 0.3) is 76.6 Å². The van der Waals surface area contributed by atoms with Gasteiger partial charge < -0.3 is 10.0 Å². The normalized spacial score (nSPS) is 12.6. The molecule has 0 saturated heterocycles. The van der Waals surface area contributed by atoms with Crippen molar-refractivity contribution < 1.29 is 24.7 Å². The number of carboxylic acid groups (broad SMARTS) is 1. The maximum Gasteiger partial charge on any atom is 0.354 e. The van der Waals surface area contributed by atoms with Gasteiger partial charge in [0, 0.05) is 68.5 Å². The number of carbonyl (C=O) groups is 1. The highest BCUT2D eigenvalue weighted by molar-refractivity contribution is 7.14. The molecular weight excluding hydrogens is 1120 g/mol. The predicted octanol–water partition coefficient (Wildman–Crippen LogP) is 17.5. The van der Waals surface area contributed by atoms with Crippen LogP contribution in [0.5, 0.6) is 0 Å². The zero-order valence-electron chi connectivity index (χ0n) is 41.5. The number of benzene rings is 7. The molecule has 16 nitrogen and oxygen atoms in total. The Balaban J connectivity index is 0.000000144. The van der Waals surface area contributed by atoms with Gasteiger partial charge in [-0.25, -0.2) is 24.7 Å². The average Bonchev–Trinajstić information content (AvgIpc) is 4.27. The maximum absolute atomic E-state index is 11.5. The van der Waals surface area contributed by atoms with Crippen LogP contribution in [0.2, 0.25) is 10.0 Å². The Morgan fingerprint density at radius 1 is 0.588 bits per heavy atom. The molecule has 0 fully saturated rings. The first-order valence-electron chi connectivity index (χ1n) is 24.1. The monoisotopic (exact) mass is 1160 g/mol. The largest absolute Gasteiger partial charge is 0.477 e. The molecule has 80 heavy (non-hydrogen) atoms. The number of non-ortho nitro benzene ring substituents is 2. The van der Waals surface area contributed by atoms with Gasteiger partial charge >= 0.3 is 5.97 Å². The minimum atomic E-state index is -1.25. The van der Waals surface area contributed by atoms with Crippen LogP contribution < -0.4 is 4.90 Å². The summed E-state index contributed by atoms with van der Waals surface area (Å²) in [5, 5.41) is 54.7. The summed E-state index contributed by atoms with van der Waals surface area (Å²) in [6.45, 7) is 4.81. The van der Waals surface area contributed by atoms with Gasteiger partial charge in [0.2, 0.25) is 0 Å². The number of fused-ring (bicyclic) bond motifs is 3. The van der Waals surface area contributed by atoms with E-state index in [1.54, 1.807) is 59.9 Å². The molecule has 0 amide bonds. The van der Waals surface area contributed by atoms with Crippen LogP contribution in [0.1, 0.15) is 36.0 Å². The molecule has 0 saturated carbocycles. The van der Waals surface area contributed by atoms with Crippen LogP contribution in [-0.2, 0) is 6.42 Å². The SMILES string of the molecule is C.CC1Cc2c(cccc2[N+](=O)[O-])N(c2nc(-c3ccc(Cl)c(Cl)c3)cs2)C1.Cc1cc(-c2nc(-c3ccccc3)cs2)c2cccc([N+](=O)[O-])c2c1.O=C(O)c1cc2c([N+](=O)[O-])cccc2c(-c2nc(-c3ccccc3)cs2)n1. The number of pyridine rings is 1. The molecule has 1 atom stereocenters. The van der Waals surface area contributed by atoms with E-state index in [-0.39, 0.29) is 51.3 Å². The summed E-state index contributed by atoms with van der Waals surface area (Å²) in [4.78, 5) is 64.8. The molecule has 11 aromatic rings. The van der Waals surface area contributed by atoms with Gasteiger partial charge in [0.1, 0.15) is 21.4 Å². The first-order valence-corrected chi connectivity index (χ1v) is 27.5. The Hall–Kier alpha value is -8.85.